The van der Waals surface area contributed by atoms with Gasteiger partial charge in [-0.05, 0) is 48.6 Å². The van der Waals surface area contributed by atoms with Crippen molar-refractivity contribution in [2.75, 3.05) is 11.9 Å². The van der Waals surface area contributed by atoms with E-state index < -0.39 is 0 Å². The zero-order valence-electron chi connectivity index (χ0n) is 16.9. The number of rotatable bonds is 6. The van der Waals surface area contributed by atoms with Crippen LogP contribution in [-0.4, -0.2) is 31.0 Å². The van der Waals surface area contributed by atoms with Gasteiger partial charge in [0, 0.05) is 42.6 Å². The fourth-order valence-corrected chi connectivity index (χ4v) is 3.37. The Morgan fingerprint density at radius 3 is 2.62 bits per heavy atom. The predicted molar refractivity (Wildman–Crippen MR) is 115 cm³/mol. The molecule has 3 aromatic heterocycles. The summed E-state index contributed by atoms with van der Waals surface area (Å²) in [5.41, 5.74) is 6.06. The fraction of sp³-hybridized carbons (Fsp3) is 0.261. The summed E-state index contributed by atoms with van der Waals surface area (Å²) in [5, 5.41) is 12.9. The molecule has 0 unspecified atom stereocenters. The molecule has 0 aliphatic heterocycles. The molecule has 0 saturated heterocycles. The van der Waals surface area contributed by atoms with Crippen molar-refractivity contribution < 1.29 is 5.11 Å². The monoisotopic (exact) mass is 387 g/mol. The summed E-state index contributed by atoms with van der Waals surface area (Å²) in [6, 6.07) is 9.37. The molecule has 2 N–H and O–H groups in total. The van der Waals surface area contributed by atoms with E-state index in [1.165, 1.54) is 0 Å². The minimum absolute atomic E-state index is 0.281. The summed E-state index contributed by atoms with van der Waals surface area (Å²) in [5.74, 6) is 1.39. The number of aromatic hydroxyl groups is 1. The van der Waals surface area contributed by atoms with Crippen molar-refractivity contribution in [1.29, 1.82) is 0 Å². The van der Waals surface area contributed by atoms with Gasteiger partial charge in [-0.1, -0.05) is 26.0 Å². The molecule has 4 rings (SSSR count). The summed E-state index contributed by atoms with van der Waals surface area (Å²) in [7, 11) is 0. The predicted octanol–water partition coefficient (Wildman–Crippen LogP) is 4.58. The van der Waals surface area contributed by atoms with Crippen molar-refractivity contribution in [3.8, 4) is 17.0 Å². The van der Waals surface area contributed by atoms with E-state index >= 15 is 0 Å². The van der Waals surface area contributed by atoms with Gasteiger partial charge in [0.25, 0.3) is 0 Å². The Morgan fingerprint density at radius 2 is 1.90 bits per heavy atom. The molecule has 0 spiro atoms. The van der Waals surface area contributed by atoms with Gasteiger partial charge in [-0.2, -0.15) is 0 Å². The molecule has 3 heterocycles. The first-order valence-electron chi connectivity index (χ1n) is 9.83. The number of nitrogens with one attached hydrogen (secondary N) is 1. The maximum atomic E-state index is 9.44. The van der Waals surface area contributed by atoms with E-state index in [0.717, 1.165) is 46.0 Å². The lowest BCUT2D eigenvalue weighted by Gasteiger charge is -2.12. The van der Waals surface area contributed by atoms with Crippen molar-refractivity contribution in [2.45, 2.75) is 33.1 Å². The molecular formula is C23H25N5O. The fourth-order valence-electron chi connectivity index (χ4n) is 3.37. The molecular weight excluding hydrogens is 362 g/mol. The lowest BCUT2D eigenvalue weighted by Crippen LogP contribution is -2.09. The Hall–Kier alpha value is -3.41. The Bertz CT molecular complexity index is 1130. The van der Waals surface area contributed by atoms with Crippen LogP contribution in [0.25, 0.3) is 16.9 Å². The molecule has 4 aromatic rings. The van der Waals surface area contributed by atoms with Gasteiger partial charge in [0.1, 0.15) is 5.75 Å². The van der Waals surface area contributed by atoms with E-state index in [4.69, 9.17) is 4.98 Å². The van der Waals surface area contributed by atoms with Gasteiger partial charge in [-0.25, -0.2) is 9.97 Å². The van der Waals surface area contributed by atoms with E-state index in [-0.39, 0.29) is 5.75 Å². The van der Waals surface area contributed by atoms with Gasteiger partial charge in [0.05, 0.1) is 5.69 Å². The molecule has 0 aliphatic carbocycles. The van der Waals surface area contributed by atoms with Gasteiger partial charge in [-0.3, -0.25) is 9.38 Å². The van der Waals surface area contributed by atoms with E-state index in [1.807, 2.05) is 43.8 Å². The Morgan fingerprint density at radius 1 is 1.10 bits per heavy atom. The molecule has 0 aliphatic rings. The maximum Gasteiger partial charge on any atom is 0.180 e. The number of aryl methyl sites for hydroxylation is 1. The molecule has 0 bridgehead atoms. The second-order valence-electron chi connectivity index (χ2n) is 7.60. The molecule has 0 amide bonds. The summed E-state index contributed by atoms with van der Waals surface area (Å²) in [4.78, 5) is 13.8. The van der Waals surface area contributed by atoms with Crippen LogP contribution in [0.4, 0.5) is 5.82 Å². The van der Waals surface area contributed by atoms with Crippen molar-refractivity contribution >= 4 is 11.5 Å². The minimum Gasteiger partial charge on any atom is -0.508 e. The van der Waals surface area contributed by atoms with E-state index in [9.17, 15) is 5.11 Å². The zero-order chi connectivity index (χ0) is 20.4. The second kappa shape index (κ2) is 7.91. The van der Waals surface area contributed by atoms with Gasteiger partial charge in [-0.15, -0.1) is 0 Å². The molecule has 0 radical (unpaired) electrons. The highest BCUT2D eigenvalue weighted by atomic mass is 16.3. The van der Waals surface area contributed by atoms with Crippen molar-refractivity contribution in [1.82, 2.24) is 19.4 Å². The molecule has 0 fully saturated rings. The molecule has 148 valence electrons. The Labute approximate surface area is 170 Å². The number of nitrogens with zero attached hydrogens (tertiary/aromatic N) is 4. The molecule has 6 nitrogen and oxygen atoms in total. The summed E-state index contributed by atoms with van der Waals surface area (Å²) >= 11 is 0. The summed E-state index contributed by atoms with van der Waals surface area (Å²) in [6.07, 6.45) is 8.47. The average Bonchev–Trinajstić information content (AvgIpc) is 3.14. The number of pyridine rings is 1. The van der Waals surface area contributed by atoms with Crippen LogP contribution in [0.5, 0.6) is 5.75 Å². The normalized spacial score (nSPS) is 11.3. The molecule has 6 heteroatoms. The lowest BCUT2D eigenvalue weighted by molar-refractivity contribution is 0.475. The number of fused-ring (bicyclic) bond motifs is 1. The number of hydrogen-bond donors (Lipinski definition) is 2. The van der Waals surface area contributed by atoms with Gasteiger partial charge >= 0.3 is 0 Å². The summed E-state index contributed by atoms with van der Waals surface area (Å²) in [6.45, 7) is 7.07. The first-order valence-corrected chi connectivity index (χ1v) is 9.83. The van der Waals surface area contributed by atoms with Crippen LogP contribution in [0.3, 0.4) is 0 Å². The third kappa shape index (κ3) is 4.06. The second-order valence-corrected chi connectivity index (χ2v) is 7.60. The van der Waals surface area contributed by atoms with Crippen LogP contribution < -0.4 is 5.32 Å². The van der Waals surface area contributed by atoms with Crippen LogP contribution in [0.15, 0.2) is 55.1 Å². The van der Waals surface area contributed by atoms with Crippen molar-refractivity contribution in [3.05, 3.63) is 71.9 Å². The smallest absolute Gasteiger partial charge is 0.180 e. The third-order valence-electron chi connectivity index (χ3n) is 4.93. The minimum atomic E-state index is 0.281. The van der Waals surface area contributed by atoms with Crippen molar-refractivity contribution in [2.24, 2.45) is 0 Å². The number of imidazole rings is 1. The SMILES string of the molecule is Cc1cncc(-c2cn3c(C(C)C)cnc3c(NCCc3ccc(O)cc3)n2)c1. The van der Waals surface area contributed by atoms with Crippen LogP contribution in [0.2, 0.25) is 0 Å². The van der Waals surface area contributed by atoms with E-state index in [1.54, 1.807) is 12.1 Å². The van der Waals surface area contributed by atoms with Crippen LogP contribution in [0, 0.1) is 6.92 Å². The maximum absolute atomic E-state index is 9.44. The first kappa shape index (κ1) is 18.9. The topological polar surface area (TPSA) is 75.3 Å². The largest absolute Gasteiger partial charge is 0.508 e. The number of aromatic nitrogens is 4. The van der Waals surface area contributed by atoms with Crippen molar-refractivity contribution in [3.63, 3.8) is 0 Å². The van der Waals surface area contributed by atoms with Gasteiger partial charge in [0.2, 0.25) is 0 Å². The number of phenols is 1. The molecule has 29 heavy (non-hydrogen) atoms. The Balaban J connectivity index is 1.68. The molecule has 0 saturated carbocycles. The highest BCUT2D eigenvalue weighted by Gasteiger charge is 2.14. The molecule has 0 atom stereocenters. The number of benzene rings is 1. The number of anilines is 1. The summed E-state index contributed by atoms with van der Waals surface area (Å²) < 4.78 is 2.12. The standard InChI is InChI=1S/C23H25N5O/c1-15(2)21-13-26-23-22(25-9-8-17-4-6-19(29)7-5-17)27-20(14-28(21)23)18-10-16(3)11-24-12-18/h4-7,10-15,29H,8-9H2,1-3H3,(H,25,27). The van der Waals surface area contributed by atoms with Crippen LogP contribution in [0.1, 0.15) is 36.6 Å². The Kier molecular flexibility index (Phi) is 5.16. The van der Waals surface area contributed by atoms with Gasteiger partial charge in [0.15, 0.2) is 11.5 Å². The quantitative estimate of drug-likeness (QED) is 0.506. The number of hydrogen-bond acceptors (Lipinski definition) is 5. The highest BCUT2D eigenvalue weighted by Crippen LogP contribution is 2.26. The third-order valence-corrected chi connectivity index (χ3v) is 4.93. The lowest BCUT2D eigenvalue weighted by atomic mass is 10.1. The highest BCUT2D eigenvalue weighted by molar-refractivity contribution is 5.69. The number of phenolic OH excluding ortho intramolecular Hbond substituents is 1. The molecule has 1 aromatic carbocycles. The van der Waals surface area contributed by atoms with E-state index in [0.29, 0.717) is 12.5 Å². The van der Waals surface area contributed by atoms with Gasteiger partial charge < -0.3 is 10.4 Å². The average molecular weight is 387 g/mol. The van der Waals surface area contributed by atoms with Crippen LogP contribution >= 0.6 is 0 Å². The van der Waals surface area contributed by atoms with E-state index in [2.05, 4.69) is 39.6 Å². The van der Waals surface area contributed by atoms with Crippen LogP contribution in [-0.2, 0) is 6.42 Å². The zero-order valence-corrected chi connectivity index (χ0v) is 16.9. The first-order chi connectivity index (χ1) is 14.0.